The number of benzene rings is 1. The van der Waals surface area contributed by atoms with Crippen LogP contribution in [0.1, 0.15) is 32.6 Å². The van der Waals surface area contributed by atoms with Crippen LogP contribution in [0.15, 0.2) is 28.7 Å². The molecule has 1 amide bonds. The summed E-state index contributed by atoms with van der Waals surface area (Å²) in [4.78, 5) is 12.3. The Balaban J connectivity index is 0.00000176. The molecule has 0 radical (unpaired) electrons. The monoisotopic (exact) mass is 388 g/mol. The molecule has 2 heterocycles. The van der Waals surface area contributed by atoms with Crippen molar-refractivity contribution in [2.45, 2.75) is 56.8 Å². The predicted octanol–water partition coefficient (Wildman–Crippen LogP) is 3.04. The summed E-state index contributed by atoms with van der Waals surface area (Å²) in [7, 11) is 0. The first-order valence-corrected chi connectivity index (χ1v) is 8.38. The molecule has 3 atom stereocenters. The van der Waals surface area contributed by atoms with Gasteiger partial charge in [0, 0.05) is 18.1 Å². The molecule has 1 aromatic rings. The molecule has 0 aliphatic carbocycles. The van der Waals surface area contributed by atoms with Crippen LogP contribution in [-0.2, 0) is 4.79 Å². The van der Waals surface area contributed by atoms with Crippen molar-refractivity contribution in [3.63, 3.8) is 0 Å². The normalized spacial score (nSPS) is 27.6. The fourth-order valence-corrected chi connectivity index (χ4v) is 3.66. The Bertz CT molecular complexity index is 517. The van der Waals surface area contributed by atoms with Crippen molar-refractivity contribution in [3.8, 4) is 5.75 Å². The highest BCUT2D eigenvalue weighted by molar-refractivity contribution is 9.10. The zero-order valence-corrected chi connectivity index (χ0v) is 15.0. The second-order valence-corrected chi connectivity index (χ2v) is 6.86. The number of piperidine rings is 1. The molecule has 3 unspecified atom stereocenters. The van der Waals surface area contributed by atoms with Gasteiger partial charge in [-0.1, -0.05) is 12.1 Å². The van der Waals surface area contributed by atoms with Gasteiger partial charge in [-0.15, -0.1) is 12.4 Å². The number of nitrogens with one attached hydrogen (secondary N) is 2. The minimum Gasteiger partial charge on any atom is -0.480 e. The number of para-hydroxylation sites is 1. The van der Waals surface area contributed by atoms with Gasteiger partial charge in [0.05, 0.1) is 4.47 Å². The SMILES string of the molecule is CC(Oc1ccccc1Br)C(=O)NC1CC2CCC(C1)N2.Cl. The van der Waals surface area contributed by atoms with Crippen molar-refractivity contribution in [2.75, 3.05) is 0 Å². The maximum Gasteiger partial charge on any atom is 0.260 e. The molecule has 2 aliphatic rings. The van der Waals surface area contributed by atoms with Crippen molar-refractivity contribution in [2.24, 2.45) is 0 Å². The minimum atomic E-state index is -0.490. The zero-order chi connectivity index (χ0) is 14.8. The maximum absolute atomic E-state index is 12.3. The molecule has 2 saturated heterocycles. The number of carbonyl (C=O) groups excluding carboxylic acids is 1. The highest BCUT2D eigenvalue weighted by Gasteiger charge is 2.34. The van der Waals surface area contributed by atoms with E-state index in [9.17, 15) is 4.79 Å². The molecule has 22 heavy (non-hydrogen) atoms. The molecule has 0 aromatic heterocycles. The van der Waals surface area contributed by atoms with Crippen LogP contribution < -0.4 is 15.4 Å². The topological polar surface area (TPSA) is 50.4 Å². The summed E-state index contributed by atoms with van der Waals surface area (Å²) in [6.07, 6.45) is 4.05. The predicted molar refractivity (Wildman–Crippen MR) is 92.6 cm³/mol. The van der Waals surface area contributed by atoms with Gasteiger partial charge in [-0.25, -0.2) is 0 Å². The Morgan fingerprint density at radius 2 is 1.95 bits per heavy atom. The van der Waals surface area contributed by atoms with E-state index in [1.54, 1.807) is 6.92 Å². The highest BCUT2D eigenvalue weighted by atomic mass is 79.9. The summed E-state index contributed by atoms with van der Waals surface area (Å²) in [5.74, 6) is 0.669. The number of carbonyl (C=O) groups is 1. The molecule has 2 aliphatic heterocycles. The summed E-state index contributed by atoms with van der Waals surface area (Å²) in [5, 5.41) is 6.72. The van der Waals surface area contributed by atoms with E-state index in [2.05, 4.69) is 26.6 Å². The van der Waals surface area contributed by atoms with E-state index in [1.807, 2.05) is 24.3 Å². The van der Waals surface area contributed by atoms with Gasteiger partial charge in [-0.2, -0.15) is 0 Å². The second-order valence-electron chi connectivity index (χ2n) is 6.01. The molecule has 122 valence electrons. The van der Waals surface area contributed by atoms with E-state index >= 15 is 0 Å². The van der Waals surface area contributed by atoms with Crippen molar-refractivity contribution in [3.05, 3.63) is 28.7 Å². The van der Waals surface area contributed by atoms with Crippen LogP contribution >= 0.6 is 28.3 Å². The Morgan fingerprint density at radius 3 is 2.59 bits per heavy atom. The molecular formula is C16H22BrClN2O2. The quantitative estimate of drug-likeness (QED) is 0.832. The molecule has 0 spiro atoms. The van der Waals surface area contributed by atoms with Crippen LogP contribution in [0.2, 0.25) is 0 Å². The standard InChI is InChI=1S/C16H21BrN2O2.ClH/c1-10(21-15-5-3-2-4-14(15)17)16(20)19-13-8-11-6-7-12(9-13)18-11;/h2-5,10-13,18H,6-9H2,1H3,(H,19,20);1H. The number of ether oxygens (including phenoxy) is 1. The zero-order valence-electron chi connectivity index (χ0n) is 12.5. The fourth-order valence-electron chi connectivity index (χ4n) is 3.28. The molecule has 2 bridgehead atoms. The Hall–Kier alpha value is -0.780. The molecular weight excluding hydrogens is 368 g/mol. The first kappa shape index (κ1) is 17.6. The third kappa shape index (κ3) is 4.15. The van der Waals surface area contributed by atoms with Gasteiger partial charge in [0.15, 0.2) is 6.10 Å². The summed E-state index contributed by atoms with van der Waals surface area (Å²) in [5.41, 5.74) is 0. The van der Waals surface area contributed by atoms with Gasteiger partial charge in [0.1, 0.15) is 5.75 Å². The van der Waals surface area contributed by atoms with Gasteiger partial charge in [0.25, 0.3) is 5.91 Å². The number of amides is 1. The first-order valence-electron chi connectivity index (χ1n) is 7.59. The Kier molecular flexibility index (Phi) is 6.12. The first-order chi connectivity index (χ1) is 10.1. The lowest BCUT2D eigenvalue weighted by molar-refractivity contribution is -0.128. The number of hydrogen-bond acceptors (Lipinski definition) is 3. The van der Waals surface area contributed by atoms with Gasteiger partial charge < -0.3 is 15.4 Å². The third-order valence-electron chi connectivity index (χ3n) is 4.33. The van der Waals surface area contributed by atoms with E-state index in [-0.39, 0.29) is 24.4 Å². The maximum atomic E-state index is 12.3. The van der Waals surface area contributed by atoms with Crippen LogP contribution in [0.4, 0.5) is 0 Å². The van der Waals surface area contributed by atoms with Crippen molar-refractivity contribution >= 4 is 34.2 Å². The number of rotatable bonds is 4. The molecule has 4 nitrogen and oxygen atoms in total. The number of hydrogen-bond donors (Lipinski definition) is 2. The largest absolute Gasteiger partial charge is 0.480 e. The van der Waals surface area contributed by atoms with Crippen LogP contribution in [0.3, 0.4) is 0 Å². The van der Waals surface area contributed by atoms with E-state index in [0.29, 0.717) is 17.8 Å². The number of fused-ring (bicyclic) bond motifs is 2. The average Bonchev–Trinajstić information content (AvgIpc) is 2.80. The second kappa shape index (κ2) is 7.66. The Morgan fingerprint density at radius 1 is 1.32 bits per heavy atom. The van der Waals surface area contributed by atoms with Gasteiger partial charge in [-0.05, 0) is 60.7 Å². The molecule has 3 rings (SSSR count). The van der Waals surface area contributed by atoms with E-state index in [0.717, 1.165) is 17.3 Å². The lowest BCUT2D eigenvalue weighted by Gasteiger charge is -2.30. The van der Waals surface area contributed by atoms with Crippen molar-refractivity contribution in [1.82, 2.24) is 10.6 Å². The van der Waals surface area contributed by atoms with E-state index in [1.165, 1.54) is 12.8 Å². The molecule has 0 saturated carbocycles. The summed E-state index contributed by atoms with van der Waals surface area (Å²) in [6.45, 7) is 1.80. The third-order valence-corrected chi connectivity index (χ3v) is 4.98. The molecule has 2 fully saturated rings. The lowest BCUT2D eigenvalue weighted by atomic mass is 9.99. The fraction of sp³-hybridized carbons (Fsp3) is 0.562. The van der Waals surface area contributed by atoms with Crippen LogP contribution in [-0.4, -0.2) is 30.1 Å². The van der Waals surface area contributed by atoms with Gasteiger partial charge >= 0.3 is 0 Å². The molecule has 1 aromatic carbocycles. The van der Waals surface area contributed by atoms with E-state index in [4.69, 9.17) is 4.74 Å². The van der Waals surface area contributed by atoms with Crippen LogP contribution in [0.25, 0.3) is 0 Å². The molecule has 2 N–H and O–H groups in total. The van der Waals surface area contributed by atoms with Crippen molar-refractivity contribution < 1.29 is 9.53 Å². The highest BCUT2D eigenvalue weighted by Crippen LogP contribution is 2.27. The van der Waals surface area contributed by atoms with Gasteiger partial charge in [0.2, 0.25) is 0 Å². The lowest BCUT2D eigenvalue weighted by Crippen LogP contribution is -2.50. The number of halogens is 2. The molecule has 6 heteroatoms. The minimum absolute atomic E-state index is 0. The summed E-state index contributed by atoms with van der Waals surface area (Å²) in [6, 6.07) is 9.02. The Labute approximate surface area is 145 Å². The average molecular weight is 390 g/mol. The van der Waals surface area contributed by atoms with E-state index < -0.39 is 6.10 Å². The van der Waals surface area contributed by atoms with Gasteiger partial charge in [-0.3, -0.25) is 4.79 Å². The van der Waals surface area contributed by atoms with Crippen molar-refractivity contribution in [1.29, 1.82) is 0 Å². The smallest absolute Gasteiger partial charge is 0.260 e. The summed E-state index contributed by atoms with van der Waals surface area (Å²) < 4.78 is 6.61. The van der Waals surface area contributed by atoms with Crippen LogP contribution in [0.5, 0.6) is 5.75 Å². The van der Waals surface area contributed by atoms with Crippen LogP contribution in [0, 0.1) is 0 Å². The summed E-state index contributed by atoms with van der Waals surface area (Å²) >= 11 is 3.43.